The summed E-state index contributed by atoms with van der Waals surface area (Å²) < 4.78 is 27.0. The van der Waals surface area contributed by atoms with Crippen molar-refractivity contribution in [2.75, 3.05) is 5.75 Å². The number of benzene rings is 3. The third-order valence-electron chi connectivity index (χ3n) is 6.98. The van der Waals surface area contributed by atoms with Crippen molar-refractivity contribution in [3.63, 3.8) is 0 Å². The van der Waals surface area contributed by atoms with Crippen LogP contribution in [0, 0.1) is 0 Å². The zero-order valence-corrected chi connectivity index (χ0v) is 22.9. The average Bonchev–Trinajstić information content (AvgIpc) is 2.85. The third-order valence-corrected chi connectivity index (χ3v) is 15.1. The molecular formula is C28H32O4S2Si. The van der Waals surface area contributed by atoms with Crippen LogP contribution in [-0.2, 0) is 20.0 Å². The van der Waals surface area contributed by atoms with E-state index in [1.54, 1.807) is 11.8 Å². The number of fused-ring (bicyclic) bond motifs is 3. The molecule has 3 aliphatic heterocycles. The summed E-state index contributed by atoms with van der Waals surface area (Å²) in [5.74, 6) is 0.346. The normalized spacial score (nSPS) is 28.7. The van der Waals surface area contributed by atoms with E-state index in [1.807, 2.05) is 66.7 Å². The minimum absolute atomic E-state index is 0.240. The minimum atomic E-state index is -2.93. The molecule has 0 radical (unpaired) electrons. The lowest BCUT2D eigenvalue weighted by Gasteiger charge is -2.53. The number of hydrogen-bond acceptors (Lipinski definition) is 5. The van der Waals surface area contributed by atoms with Gasteiger partial charge >= 0.3 is 0 Å². The van der Waals surface area contributed by atoms with Crippen molar-refractivity contribution in [1.82, 2.24) is 0 Å². The van der Waals surface area contributed by atoms with Gasteiger partial charge < -0.3 is 14.3 Å². The van der Waals surface area contributed by atoms with Gasteiger partial charge in [0.2, 0.25) is 0 Å². The van der Waals surface area contributed by atoms with Crippen molar-refractivity contribution in [2.24, 2.45) is 0 Å². The van der Waals surface area contributed by atoms with Crippen molar-refractivity contribution in [3.05, 3.63) is 91.0 Å². The van der Waals surface area contributed by atoms with Crippen molar-refractivity contribution >= 4 is 41.3 Å². The van der Waals surface area contributed by atoms with Gasteiger partial charge in [-0.1, -0.05) is 111 Å². The van der Waals surface area contributed by atoms with Crippen LogP contribution >= 0.6 is 11.8 Å². The first-order chi connectivity index (χ1) is 16.8. The fourth-order valence-electron chi connectivity index (χ4n) is 5.34. The number of thioether (sulfide) groups is 1. The van der Waals surface area contributed by atoms with Gasteiger partial charge in [-0.15, -0.1) is 0 Å². The monoisotopic (exact) mass is 524 g/mol. The van der Waals surface area contributed by atoms with Crippen molar-refractivity contribution in [3.8, 4) is 0 Å². The van der Waals surface area contributed by atoms with Gasteiger partial charge in [0.15, 0.2) is 0 Å². The Hall–Kier alpha value is -1.74. The molecule has 184 valence electrons. The van der Waals surface area contributed by atoms with Crippen molar-refractivity contribution in [1.29, 1.82) is 0 Å². The second-order valence-electron chi connectivity index (χ2n) is 10.2. The highest BCUT2D eigenvalue weighted by Gasteiger charge is 2.59. The Bertz CT molecular complexity index is 1110. The lowest BCUT2D eigenvalue weighted by Crippen LogP contribution is -2.74. The van der Waals surface area contributed by atoms with Crippen LogP contribution in [0.2, 0.25) is 5.04 Å². The largest absolute Gasteiger partial charge is 0.400 e. The van der Waals surface area contributed by atoms with E-state index in [0.717, 1.165) is 15.3 Å². The number of aliphatic hydroxyl groups is 1. The molecule has 2 bridgehead atoms. The molecule has 6 atom stereocenters. The van der Waals surface area contributed by atoms with Crippen LogP contribution in [0.15, 0.2) is 95.9 Å². The Morgan fingerprint density at radius 2 is 1.43 bits per heavy atom. The first-order valence-electron chi connectivity index (χ1n) is 12.0. The van der Waals surface area contributed by atoms with Crippen LogP contribution < -0.4 is 10.4 Å². The summed E-state index contributed by atoms with van der Waals surface area (Å²) in [4.78, 5) is 1.06. The molecule has 0 saturated carbocycles. The zero-order valence-electron chi connectivity index (χ0n) is 20.2. The molecule has 3 aliphatic rings. The predicted molar refractivity (Wildman–Crippen MR) is 146 cm³/mol. The van der Waals surface area contributed by atoms with E-state index >= 15 is 0 Å². The van der Waals surface area contributed by atoms with E-state index in [-0.39, 0.29) is 10.5 Å². The average molecular weight is 525 g/mol. The SMILES string of the molecule is CC(C)(C)[Si](O[C@H]1[C@H](O)[C@H]2C[S@](=O)[C@@H]1[C@@H](Sc1ccccc1)O2)(c1ccccc1)c1ccccc1. The Morgan fingerprint density at radius 1 is 0.914 bits per heavy atom. The highest BCUT2D eigenvalue weighted by Crippen LogP contribution is 2.45. The lowest BCUT2D eigenvalue weighted by atomic mass is 10.0. The second kappa shape index (κ2) is 9.96. The van der Waals surface area contributed by atoms with E-state index < -0.39 is 42.7 Å². The minimum Gasteiger partial charge on any atom is -0.400 e. The molecule has 3 heterocycles. The van der Waals surface area contributed by atoms with Crippen LogP contribution in [0.1, 0.15) is 20.8 Å². The van der Waals surface area contributed by atoms with Gasteiger partial charge in [0, 0.05) is 15.7 Å². The molecule has 0 aromatic heterocycles. The van der Waals surface area contributed by atoms with Gasteiger partial charge in [-0.25, -0.2) is 0 Å². The van der Waals surface area contributed by atoms with Gasteiger partial charge in [0.1, 0.15) is 11.5 Å². The summed E-state index contributed by atoms with van der Waals surface area (Å²) in [5, 5.41) is 13.0. The number of rotatable bonds is 6. The maximum Gasteiger partial charge on any atom is 0.261 e. The van der Waals surface area contributed by atoms with Crippen LogP contribution in [0.5, 0.6) is 0 Å². The quantitative estimate of drug-likeness (QED) is 0.495. The molecule has 1 N–H and O–H groups in total. The van der Waals surface area contributed by atoms with Crippen molar-refractivity contribution in [2.45, 2.75) is 59.7 Å². The smallest absolute Gasteiger partial charge is 0.261 e. The molecule has 3 fully saturated rings. The zero-order chi connectivity index (χ0) is 24.6. The predicted octanol–water partition coefficient (Wildman–Crippen LogP) is 3.94. The first kappa shape index (κ1) is 24.9. The van der Waals surface area contributed by atoms with Gasteiger partial charge in [-0.2, -0.15) is 0 Å². The Labute approximate surface area is 215 Å². The highest BCUT2D eigenvalue weighted by atomic mass is 32.2. The third kappa shape index (κ3) is 4.58. The van der Waals surface area contributed by atoms with Gasteiger partial charge in [0.25, 0.3) is 8.32 Å². The van der Waals surface area contributed by atoms with Gasteiger partial charge in [-0.05, 0) is 27.5 Å². The van der Waals surface area contributed by atoms with E-state index in [9.17, 15) is 9.32 Å². The Morgan fingerprint density at radius 3 is 1.94 bits per heavy atom. The Kier molecular flexibility index (Phi) is 7.09. The van der Waals surface area contributed by atoms with Gasteiger partial charge in [0.05, 0.1) is 23.2 Å². The topological polar surface area (TPSA) is 55.8 Å². The van der Waals surface area contributed by atoms with Crippen LogP contribution in [0.4, 0.5) is 0 Å². The molecule has 35 heavy (non-hydrogen) atoms. The van der Waals surface area contributed by atoms with Crippen LogP contribution in [0.3, 0.4) is 0 Å². The van der Waals surface area contributed by atoms with Crippen LogP contribution in [0.25, 0.3) is 0 Å². The number of hydrogen-bond donors (Lipinski definition) is 1. The molecule has 0 unspecified atom stereocenters. The summed E-state index contributed by atoms with van der Waals surface area (Å²) in [6.45, 7) is 6.66. The summed E-state index contributed by atoms with van der Waals surface area (Å²) in [6, 6.07) is 30.8. The summed E-state index contributed by atoms with van der Waals surface area (Å²) >= 11 is 1.57. The molecule has 6 rings (SSSR count). The van der Waals surface area contributed by atoms with Gasteiger partial charge in [-0.3, -0.25) is 4.21 Å². The summed E-state index contributed by atoms with van der Waals surface area (Å²) in [7, 11) is -4.09. The van der Waals surface area contributed by atoms with Crippen molar-refractivity contribution < 1.29 is 18.5 Å². The standard InChI is InChI=1S/C28H32O4S2Si/c1-28(2,3)35(21-15-9-5-10-16-21,22-17-11-6-12-18-22)32-25-24(29)23-19-34(30)26(25)27(31-23)33-20-13-7-4-8-14-20/h4-18,23-27,29H,19H2,1-3H3/t23-,24-,25+,26+,27-,34+/m1/s1. The summed E-state index contributed by atoms with van der Waals surface area (Å²) in [6.07, 6.45) is -1.92. The number of aliphatic hydroxyl groups excluding tert-OH is 1. The van der Waals surface area contributed by atoms with E-state index in [0.29, 0.717) is 5.75 Å². The second-order valence-corrected chi connectivity index (χ2v) is 17.3. The van der Waals surface area contributed by atoms with Crippen LogP contribution in [-0.4, -0.2) is 52.4 Å². The molecule has 0 amide bonds. The summed E-state index contributed by atoms with van der Waals surface area (Å²) in [5.41, 5.74) is -0.344. The van der Waals surface area contributed by atoms with E-state index in [1.165, 1.54) is 0 Å². The van der Waals surface area contributed by atoms with E-state index in [4.69, 9.17) is 9.16 Å². The fraction of sp³-hybridized carbons (Fsp3) is 0.357. The molecule has 3 aromatic rings. The molecule has 4 nitrogen and oxygen atoms in total. The van der Waals surface area contributed by atoms with E-state index in [2.05, 4.69) is 45.0 Å². The molecule has 3 aromatic carbocycles. The molecular weight excluding hydrogens is 493 g/mol. The number of ether oxygens (including phenoxy) is 1. The maximum atomic E-state index is 13.5. The fourth-order valence-corrected chi connectivity index (χ4v) is 13.4. The molecule has 7 heteroatoms. The highest BCUT2D eigenvalue weighted by molar-refractivity contribution is 8.00. The Balaban J connectivity index is 1.60. The molecule has 0 aliphatic carbocycles. The lowest BCUT2D eigenvalue weighted by molar-refractivity contribution is -0.134. The molecule has 0 spiro atoms. The maximum absolute atomic E-state index is 13.5. The molecule has 3 saturated heterocycles. The first-order valence-corrected chi connectivity index (χ1v) is 16.2.